The van der Waals surface area contributed by atoms with Crippen molar-refractivity contribution in [2.75, 3.05) is 20.0 Å². The highest BCUT2D eigenvalue weighted by Crippen LogP contribution is 2.27. The summed E-state index contributed by atoms with van der Waals surface area (Å²) in [6, 6.07) is 1.23. The predicted molar refractivity (Wildman–Crippen MR) is 73.2 cm³/mol. The minimum absolute atomic E-state index is 0.515. The number of hydrogen-bond donors (Lipinski definition) is 1. The topological polar surface area (TPSA) is 21.3 Å². The molecule has 96 valence electrons. The fourth-order valence-corrected chi connectivity index (χ4v) is 3.12. The first-order valence-corrected chi connectivity index (χ1v) is 7.74. The molecule has 1 saturated carbocycles. The summed E-state index contributed by atoms with van der Waals surface area (Å²) in [4.78, 5) is 0. The maximum Gasteiger partial charge on any atom is 0.0618 e. The number of hydrogen-bond acceptors (Lipinski definition) is 3. The third-order valence-electron chi connectivity index (χ3n) is 3.61. The van der Waals surface area contributed by atoms with Gasteiger partial charge in [0.25, 0.3) is 0 Å². The van der Waals surface area contributed by atoms with Crippen LogP contribution in [0.1, 0.15) is 39.5 Å². The van der Waals surface area contributed by atoms with Crippen LogP contribution in [0.2, 0.25) is 0 Å². The first kappa shape index (κ1) is 14.3. The molecule has 16 heavy (non-hydrogen) atoms. The molecule has 0 aromatic carbocycles. The minimum atomic E-state index is 0.515. The van der Waals surface area contributed by atoms with Gasteiger partial charge in [0.15, 0.2) is 0 Å². The van der Waals surface area contributed by atoms with Gasteiger partial charge in [-0.3, -0.25) is 0 Å². The van der Waals surface area contributed by atoms with E-state index < -0.39 is 0 Å². The van der Waals surface area contributed by atoms with Crippen LogP contribution in [0, 0.1) is 5.92 Å². The Morgan fingerprint density at radius 1 is 1.25 bits per heavy atom. The molecular weight excluding hydrogens is 218 g/mol. The van der Waals surface area contributed by atoms with Crippen molar-refractivity contribution >= 4 is 11.8 Å². The highest BCUT2D eigenvalue weighted by molar-refractivity contribution is 7.99. The average molecular weight is 245 g/mol. The maximum absolute atomic E-state index is 5.28. The molecule has 0 bridgehead atoms. The summed E-state index contributed by atoms with van der Waals surface area (Å²) < 4.78 is 5.28. The number of ether oxygens (including phenoxy) is 1. The Balaban J connectivity index is 2.30. The quantitative estimate of drug-likeness (QED) is 0.777. The Bertz CT molecular complexity index is 179. The van der Waals surface area contributed by atoms with E-state index in [9.17, 15) is 0 Å². The molecule has 0 saturated heterocycles. The molecule has 0 aromatic heterocycles. The number of thioether (sulfide) groups is 1. The monoisotopic (exact) mass is 245 g/mol. The van der Waals surface area contributed by atoms with E-state index in [4.69, 9.17) is 4.74 Å². The van der Waals surface area contributed by atoms with E-state index in [1.54, 1.807) is 7.11 Å². The van der Waals surface area contributed by atoms with Crippen LogP contribution in [-0.2, 0) is 4.74 Å². The zero-order valence-electron chi connectivity index (χ0n) is 11.2. The number of rotatable bonds is 6. The summed E-state index contributed by atoms with van der Waals surface area (Å²) >= 11 is 2.03. The van der Waals surface area contributed by atoms with Crippen LogP contribution in [0.15, 0.2) is 0 Å². The fourth-order valence-electron chi connectivity index (χ4n) is 2.38. The molecular formula is C13H27NOS. The Hall–Kier alpha value is 0.270. The van der Waals surface area contributed by atoms with Gasteiger partial charge in [-0.15, -0.1) is 0 Å². The van der Waals surface area contributed by atoms with Crippen molar-refractivity contribution in [3.05, 3.63) is 0 Å². The van der Waals surface area contributed by atoms with Crippen molar-refractivity contribution in [2.45, 2.75) is 56.9 Å². The lowest BCUT2D eigenvalue weighted by atomic mass is 9.93. The van der Waals surface area contributed by atoms with Gasteiger partial charge in [-0.1, -0.05) is 13.8 Å². The summed E-state index contributed by atoms with van der Waals surface area (Å²) in [5.41, 5.74) is 0. The fraction of sp³-hybridized carbons (Fsp3) is 1.00. The second-order valence-corrected chi connectivity index (χ2v) is 6.32. The Morgan fingerprint density at radius 3 is 2.31 bits per heavy atom. The molecule has 3 heteroatoms. The van der Waals surface area contributed by atoms with Gasteiger partial charge in [0.05, 0.1) is 6.61 Å². The summed E-state index contributed by atoms with van der Waals surface area (Å²) in [5, 5.41) is 4.67. The third-order valence-corrected chi connectivity index (χ3v) is 4.75. The molecule has 1 N–H and O–H groups in total. The number of methoxy groups -OCH3 is 1. The predicted octanol–water partition coefficient (Wildman–Crippen LogP) is 2.92. The van der Waals surface area contributed by atoms with Gasteiger partial charge in [0, 0.05) is 24.4 Å². The van der Waals surface area contributed by atoms with Crippen molar-refractivity contribution in [1.82, 2.24) is 5.32 Å². The van der Waals surface area contributed by atoms with Gasteiger partial charge in [-0.25, -0.2) is 0 Å². The molecule has 0 amide bonds. The Kier molecular flexibility index (Phi) is 6.78. The SMILES string of the molecule is COCC(NC1CCC(SC)CC1)C(C)C. The van der Waals surface area contributed by atoms with Crippen LogP contribution < -0.4 is 5.32 Å². The molecule has 2 nitrogen and oxygen atoms in total. The zero-order chi connectivity index (χ0) is 12.0. The molecule has 0 aliphatic heterocycles. The molecule has 1 rings (SSSR count). The molecule has 0 radical (unpaired) electrons. The van der Waals surface area contributed by atoms with Gasteiger partial charge >= 0.3 is 0 Å². The van der Waals surface area contributed by atoms with E-state index in [1.165, 1.54) is 25.7 Å². The van der Waals surface area contributed by atoms with Crippen molar-refractivity contribution < 1.29 is 4.74 Å². The van der Waals surface area contributed by atoms with Crippen LogP contribution >= 0.6 is 11.8 Å². The largest absolute Gasteiger partial charge is 0.383 e. The highest BCUT2D eigenvalue weighted by atomic mass is 32.2. The van der Waals surface area contributed by atoms with Crippen LogP contribution in [0.5, 0.6) is 0 Å². The van der Waals surface area contributed by atoms with Crippen LogP contribution in [0.4, 0.5) is 0 Å². The lowest BCUT2D eigenvalue weighted by Crippen LogP contribution is -2.45. The lowest BCUT2D eigenvalue weighted by molar-refractivity contribution is 0.135. The molecule has 1 aliphatic rings. The summed E-state index contributed by atoms with van der Waals surface area (Å²) in [6.07, 6.45) is 7.64. The molecule has 0 spiro atoms. The van der Waals surface area contributed by atoms with Gasteiger partial charge < -0.3 is 10.1 Å². The maximum atomic E-state index is 5.28. The molecule has 1 unspecified atom stereocenters. The zero-order valence-corrected chi connectivity index (χ0v) is 12.0. The second-order valence-electron chi connectivity index (χ2n) is 5.18. The average Bonchev–Trinajstić information content (AvgIpc) is 2.29. The van der Waals surface area contributed by atoms with Crippen molar-refractivity contribution in [3.63, 3.8) is 0 Å². The first-order chi connectivity index (χ1) is 7.67. The van der Waals surface area contributed by atoms with E-state index in [0.29, 0.717) is 18.0 Å². The van der Waals surface area contributed by atoms with Gasteiger partial charge in [0.1, 0.15) is 0 Å². The first-order valence-electron chi connectivity index (χ1n) is 6.45. The Labute approximate surface area is 105 Å². The van der Waals surface area contributed by atoms with E-state index in [-0.39, 0.29) is 0 Å². The molecule has 0 aromatic rings. The molecule has 1 fully saturated rings. The molecule has 1 aliphatic carbocycles. The Morgan fingerprint density at radius 2 is 1.88 bits per heavy atom. The standard InChI is InChI=1S/C13H27NOS/c1-10(2)13(9-15-3)14-11-5-7-12(16-4)8-6-11/h10-14H,5-9H2,1-4H3. The summed E-state index contributed by atoms with van der Waals surface area (Å²) in [5.74, 6) is 0.651. The smallest absolute Gasteiger partial charge is 0.0618 e. The van der Waals surface area contributed by atoms with Crippen LogP contribution in [-0.4, -0.2) is 37.3 Å². The van der Waals surface area contributed by atoms with Crippen LogP contribution in [0.25, 0.3) is 0 Å². The van der Waals surface area contributed by atoms with Gasteiger partial charge in [0.2, 0.25) is 0 Å². The summed E-state index contributed by atoms with van der Waals surface area (Å²) in [7, 11) is 1.79. The minimum Gasteiger partial charge on any atom is -0.383 e. The van der Waals surface area contributed by atoms with E-state index >= 15 is 0 Å². The lowest BCUT2D eigenvalue weighted by Gasteiger charge is -2.32. The van der Waals surface area contributed by atoms with Crippen molar-refractivity contribution in [2.24, 2.45) is 5.92 Å². The van der Waals surface area contributed by atoms with Gasteiger partial charge in [-0.2, -0.15) is 11.8 Å². The number of nitrogens with one attached hydrogen (secondary N) is 1. The van der Waals surface area contributed by atoms with E-state index in [2.05, 4.69) is 25.4 Å². The second kappa shape index (κ2) is 7.57. The van der Waals surface area contributed by atoms with Gasteiger partial charge in [-0.05, 0) is 37.9 Å². The normalized spacial score (nSPS) is 28.3. The van der Waals surface area contributed by atoms with E-state index in [0.717, 1.165) is 11.9 Å². The van der Waals surface area contributed by atoms with Crippen molar-refractivity contribution in [3.8, 4) is 0 Å². The van der Waals surface area contributed by atoms with Crippen LogP contribution in [0.3, 0.4) is 0 Å². The molecule has 0 heterocycles. The highest BCUT2D eigenvalue weighted by Gasteiger charge is 2.23. The third kappa shape index (κ3) is 4.64. The van der Waals surface area contributed by atoms with Crippen molar-refractivity contribution in [1.29, 1.82) is 0 Å². The summed E-state index contributed by atoms with van der Waals surface area (Å²) in [6.45, 7) is 5.37. The molecule has 1 atom stereocenters. The van der Waals surface area contributed by atoms with E-state index in [1.807, 2.05) is 11.8 Å².